The molecule has 1 nitrogen and oxygen atoms in total. The van der Waals surface area contributed by atoms with E-state index < -0.39 is 11.7 Å². The van der Waals surface area contributed by atoms with Crippen LogP contribution in [0.1, 0.15) is 16.7 Å². The van der Waals surface area contributed by atoms with E-state index in [2.05, 4.69) is 6.07 Å². The van der Waals surface area contributed by atoms with Crippen LogP contribution in [-0.2, 0) is 12.6 Å². The lowest BCUT2D eigenvalue weighted by Gasteiger charge is -2.10. The van der Waals surface area contributed by atoms with Crippen molar-refractivity contribution in [2.45, 2.75) is 19.5 Å². The second kappa shape index (κ2) is 5.38. The first-order valence-electron chi connectivity index (χ1n) is 6.06. The van der Waals surface area contributed by atoms with Crippen LogP contribution in [0.5, 0.6) is 0 Å². The Bertz CT molecular complexity index is 666. The van der Waals surface area contributed by atoms with E-state index in [0.29, 0.717) is 11.1 Å². The van der Waals surface area contributed by atoms with E-state index in [4.69, 9.17) is 5.26 Å². The van der Waals surface area contributed by atoms with Crippen molar-refractivity contribution in [1.29, 1.82) is 5.26 Å². The van der Waals surface area contributed by atoms with E-state index in [1.165, 1.54) is 6.07 Å². The highest BCUT2D eigenvalue weighted by Gasteiger charge is 2.30. The van der Waals surface area contributed by atoms with Crippen LogP contribution >= 0.6 is 0 Å². The molecule has 0 spiro atoms. The standard InChI is InChI=1S/C16H12F3N/c1-11-5-6-14(9-12(11)7-8-20)13-3-2-4-15(10-13)16(17,18)19/h2-6,9-10H,7H2,1H3. The summed E-state index contributed by atoms with van der Waals surface area (Å²) in [5.41, 5.74) is 2.31. The first-order chi connectivity index (χ1) is 9.41. The maximum absolute atomic E-state index is 12.7. The molecule has 0 amide bonds. The Morgan fingerprint density at radius 3 is 2.40 bits per heavy atom. The van der Waals surface area contributed by atoms with Gasteiger partial charge in [0.1, 0.15) is 0 Å². The number of nitriles is 1. The fourth-order valence-electron chi connectivity index (χ4n) is 2.00. The first-order valence-corrected chi connectivity index (χ1v) is 6.06. The molecule has 0 aliphatic rings. The molecular formula is C16H12F3N. The summed E-state index contributed by atoms with van der Waals surface area (Å²) in [6.45, 7) is 1.88. The van der Waals surface area contributed by atoms with Gasteiger partial charge in [-0.2, -0.15) is 18.4 Å². The molecule has 2 rings (SSSR count). The molecule has 0 saturated heterocycles. The molecule has 0 aliphatic carbocycles. The van der Waals surface area contributed by atoms with E-state index >= 15 is 0 Å². The minimum absolute atomic E-state index is 0.249. The van der Waals surface area contributed by atoms with Crippen molar-refractivity contribution >= 4 is 0 Å². The molecule has 0 unspecified atom stereocenters. The molecule has 0 aliphatic heterocycles. The van der Waals surface area contributed by atoms with Crippen molar-refractivity contribution in [3.8, 4) is 17.2 Å². The molecule has 0 aromatic heterocycles. The minimum atomic E-state index is -4.35. The molecule has 0 bridgehead atoms. The molecule has 0 atom stereocenters. The topological polar surface area (TPSA) is 23.8 Å². The predicted octanol–water partition coefficient (Wildman–Crippen LogP) is 4.75. The largest absolute Gasteiger partial charge is 0.416 e. The number of aryl methyl sites for hydroxylation is 1. The van der Waals surface area contributed by atoms with E-state index in [-0.39, 0.29) is 6.42 Å². The first kappa shape index (κ1) is 14.1. The van der Waals surface area contributed by atoms with Gasteiger partial charge in [-0.15, -0.1) is 0 Å². The monoisotopic (exact) mass is 275 g/mol. The Morgan fingerprint density at radius 1 is 1.05 bits per heavy atom. The summed E-state index contributed by atoms with van der Waals surface area (Å²) in [4.78, 5) is 0. The average molecular weight is 275 g/mol. The van der Waals surface area contributed by atoms with Crippen LogP contribution in [0.2, 0.25) is 0 Å². The van der Waals surface area contributed by atoms with Gasteiger partial charge < -0.3 is 0 Å². The Labute approximate surface area is 115 Å². The lowest BCUT2D eigenvalue weighted by Crippen LogP contribution is -2.04. The number of alkyl halides is 3. The molecular weight excluding hydrogens is 263 g/mol. The summed E-state index contributed by atoms with van der Waals surface area (Å²) in [5.74, 6) is 0. The van der Waals surface area contributed by atoms with Crippen LogP contribution in [-0.4, -0.2) is 0 Å². The Balaban J connectivity index is 2.47. The highest BCUT2D eigenvalue weighted by Crippen LogP contribution is 2.32. The van der Waals surface area contributed by atoms with Gasteiger partial charge in [-0.05, 0) is 47.4 Å². The fourth-order valence-corrected chi connectivity index (χ4v) is 2.00. The molecule has 20 heavy (non-hydrogen) atoms. The number of rotatable bonds is 2. The van der Waals surface area contributed by atoms with E-state index in [1.807, 2.05) is 13.0 Å². The number of benzene rings is 2. The number of hydrogen-bond acceptors (Lipinski definition) is 1. The van der Waals surface area contributed by atoms with E-state index in [0.717, 1.165) is 23.3 Å². The molecule has 2 aromatic rings. The summed E-state index contributed by atoms with van der Waals surface area (Å²) >= 11 is 0. The SMILES string of the molecule is Cc1ccc(-c2cccc(C(F)(F)F)c2)cc1CC#N. The van der Waals surface area contributed by atoms with Gasteiger partial charge in [0.25, 0.3) is 0 Å². The van der Waals surface area contributed by atoms with Crippen LogP contribution in [0, 0.1) is 18.3 Å². The van der Waals surface area contributed by atoms with Crippen LogP contribution in [0.15, 0.2) is 42.5 Å². The Kier molecular flexibility index (Phi) is 3.80. The molecule has 0 heterocycles. The third-order valence-electron chi connectivity index (χ3n) is 3.14. The minimum Gasteiger partial charge on any atom is -0.198 e. The van der Waals surface area contributed by atoms with Crippen LogP contribution in [0.25, 0.3) is 11.1 Å². The van der Waals surface area contributed by atoms with Gasteiger partial charge in [0, 0.05) is 0 Å². The lowest BCUT2D eigenvalue weighted by atomic mass is 9.97. The van der Waals surface area contributed by atoms with Crippen molar-refractivity contribution in [2.75, 3.05) is 0 Å². The van der Waals surface area contributed by atoms with Crippen LogP contribution in [0.4, 0.5) is 13.2 Å². The third kappa shape index (κ3) is 3.00. The summed E-state index contributed by atoms with van der Waals surface area (Å²) in [6, 6.07) is 12.6. The second-order valence-corrected chi connectivity index (χ2v) is 4.55. The zero-order valence-corrected chi connectivity index (χ0v) is 10.8. The van der Waals surface area contributed by atoms with E-state index in [1.54, 1.807) is 18.2 Å². The van der Waals surface area contributed by atoms with Gasteiger partial charge in [0.2, 0.25) is 0 Å². The predicted molar refractivity (Wildman–Crippen MR) is 70.9 cm³/mol. The van der Waals surface area contributed by atoms with Gasteiger partial charge >= 0.3 is 6.18 Å². The van der Waals surface area contributed by atoms with Crippen molar-refractivity contribution in [1.82, 2.24) is 0 Å². The van der Waals surface area contributed by atoms with Gasteiger partial charge in [0.15, 0.2) is 0 Å². The second-order valence-electron chi connectivity index (χ2n) is 4.55. The van der Waals surface area contributed by atoms with Crippen molar-refractivity contribution in [2.24, 2.45) is 0 Å². The molecule has 4 heteroatoms. The van der Waals surface area contributed by atoms with Crippen molar-refractivity contribution < 1.29 is 13.2 Å². The Morgan fingerprint density at radius 2 is 1.75 bits per heavy atom. The molecule has 0 N–H and O–H groups in total. The summed E-state index contributed by atoms with van der Waals surface area (Å²) in [5, 5.41) is 8.76. The van der Waals surface area contributed by atoms with Crippen molar-refractivity contribution in [3.05, 3.63) is 59.2 Å². The number of nitrogens with zero attached hydrogens (tertiary/aromatic N) is 1. The highest BCUT2D eigenvalue weighted by atomic mass is 19.4. The smallest absolute Gasteiger partial charge is 0.198 e. The van der Waals surface area contributed by atoms with Crippen molar-refractivity contribution in [3.63, 3.8) is 0 Å². The fraction of sp³-hybridized carbons (Fsp3) is 0.188. The third-order valence-corrected chi connectivity index (χ3v) is 3.14. The maximum Gasteiger partial charge on any atom is 0.416 e. The molecule has 0 fully saturated rings. The summed E-state index contributed by atoms with van der Waals surface area (Å²) < 4.78 is 38.1. The highest BCUT2D eigenvalue weighted by molar-refractivity contribution is 5.66. The summed E-state index contributed by atoms with van der Waals surface area (Å²) in [7, 11) is 0. The van der Waals surface area contributed by atoms with Gasteiger partial charge in [-0.1, -0.05) is 24.3 Å². The molecule has 2 aromatic carbocycles. The quantitative estimate of drug-likeness (QED) is 0.776. The van der Waals surface area contributed by atoms with Crippen LogP contribution in [0.3, 0.4) is 0 Å². The lowest BCUT2D eigenvalue weighted by molar-refractivity contribution is -0.137. The maximum atomic E-state index is 12.7. The zero-order valence-electron chi connectivity index (χ0n) is 10.8. The average Bonchev–Trinajstić information content (AvgIpc) is 2.41. The number of hydrogen-bond donors (Lipinski definition) is 0. The van der Waals surface area contributed by atoms with E-state index in [9.17, 15) is 13.2 Å². The zero-order chi connectivity index (χ0) is 14.8. The van der Waals surface area contributed by atoms with Crippen LogP contribution < -0.4 is 0 Å². The number of halogens is 3. The van der Waals surface area contributed by atoms with Gasteiger partial charge in [-0.3, -0.25) is 0 Å². The summed E-state index contributed by atoms with van der Waals surface area (Å²) in [6.07, 6.45) is -4.10. The molecule has 0 saturated carbocycles. The molecule has 102 valence electrons. The van der Waals surface area contributed by atoms with Gasteiger partial charge in [0.05, 0.1) is 18.1 Å². The molecule has 0 radical (unpaired) electrons. The Hall–Kier alpha value is -2.28. The van der Waals surface area contributed by atoms with Gasteiger partial charge in [-0.25, -0.2) is 0 Å². The normalized spacial score (nSPS) is 11.2.